The second kappa shape index (κ2) is 8.67. The molecule has 3 rings (SSSR count). The van der Waals surface area contributed by atoms with Gasteiger partial charge < -0.3 is 11.1 Å². The maximum Gasteiger partial charge on any atom is 0.251 e. The van der Waals surface area contributed by atoms with Crippen LogP contribution in [0, 0.1) is 5.92 Å². The number of hydrogen-bond donors (Lipinski definition) is 2. The molecule has 0 aliphatic heterocycles. The standard InChI is InChI=1S/C20H21N3O2S/c21-19(24)16-5-1-2-6-17(16)23-20(25)15-10-8-14(9-11-15)13-26-18-7-3-4-12-22-18/h1-4,7-12,16-17H,5-6,13H2,(H2,21,24)(H,23,25). The first-order valence-corrected chi connectivity index (χ1v) is 9.50. The Morgan fingerprint density at radius 3 is 2.58 bits per heavy atom. The molecule has 26 heavy (non-hydrogen) atoms. The zero-order valence-electron chi connectivity index (χ0n) is 14.3. The summed E-state index contributed by atoms with van der Waals surface area (Å²) in [5.41, 5.74) is 7.14. The summed E-state index contributed by atoms with van der Waals surface area (Å²) in [4.78, 5) is 28.3. The molecule has 0 saturated carbocycles. The zero-order chi connectivity index (χ0) is 18.4. The van der Waals surface area contributed by atoms with Crippen LogP contribution in [0.2, 0.25) is 0 Å². The van der Waals surface area contributed by atoms with Gasteiger partial charge in [0.2, 0.25) is 5.91 Å². The van der Waals surface area contributed by atoms with Gasteiger partial charge in [0.25, 0.3) is 5.91 Å². The van der Waals surface area contributed by atoms with Crippen LogP contribution in [0.3, 0.4) is 0 Å². The van der Waals surface area contributed by atoms with E-state index in [1.165, 1.54) is 0 Å². The molecule has 0 saturated heterocycles. The highest BCUT2D eigenvalue weighted by molar-refractivity contribution is 7.98. The van der Waals surface area contributed by atoms with Crippen LogP contribution in [0.15, 0.2) is 65.8 Å². The molecule has 1 aromatic carbocycles. The number of nitrogens with zero attached hydrogens (tertiary/aromatic N) is 1. The van der Waals surface area contributed by atoms with Gasteiger partial charge in [0, 0.05) is 23.6 Å². The van der Waals surface area contributed by atoms with Gasteiger partial charge in [-0.25, -0.2) is 4.98 Å². The van der Waals surface area contributed by atoms with Crippen molar-refractivity contribution in [2.24, 2.45) is 11.7 Å². The van der Waals surface area contributed by atoms with E-state index in [0.717, 1.165) is 16.3 Å². The lowest BCUT2D eigenvalue weighted by Gasteiger charge is -2.26. The largest absolute Gasteiger partial charge is 0.369 e. The number of aromatic nitrogens is 1. The van der Waals surface area contributed by atoms with Crippen molar-refractivity contribution in [2.45, 2.75) is 29.7 Å². The van der Waals surface area contributed by atoms with Crippen molar-refractivity contribution in [1.82, 2.24) is 10.3 Å². The molecule has 2 aromatic rings. The Morgan fingerprint density at radius 1 is 1.12 bits per heavy atom. The summed E-state index contributed by atoms with van der Waals surface area (Å²) in [6.45, 7) is 0. The second-order valence-corrected chi connectivity index (χ2v) is 7.18. The van der Waals surface area contributed by atoms with Crippen LogP contribution < -0.4 is 11.1 Å². The summed E-state index contributed by atoms with van der Waals surface area (Å²) in [5, 5.41) is 3.91. The van der Waals surface area contributed by atoms with Crippen molar-refractivity contribution in [1.29, 1.82) is 0 Å². The highest BCUT2D eigenvalue weighted by Crippen LogP contribution is 2.21. The van der Waals surface area contributed by atoms with Gasteiger partial charge in [0.1, 0.15) is 0 Å². The van der Waals surface area contributed by atoms with Crippen molar-refractivity contribution >= 4 is 23.6 Å². The number of amides is 2. The van der Waals surface area contributed by atoms with Gasteiger partial charge in [-0.15, -0.1) is 11.8 Å². The Balaban J connectivity index is 1.58. The van der Waals surface area contributed by atoms with E-state index in [2.05, 4.69) is 10.3 Å². The molecule has 6 heteroatoms. The lowest BCUT2D eigenvalue weighted by Crippen LogP contribution is -2.46. The van der Waals surface area contributed by atoms with Crippen LogP contribution in [-0.4, -0.2) is 22.8 Å². The van der Waals surface area contributed by atoms with Gasteiger partial charge in [-0.1, -0.05) is 30.4 Å². The Kier molecular flexibility index (Phi) is 6.07. The number of thioether (sulfide) groups is 1. The molecule has 1 aliphatic carbocycles. The third-order valence-electron chi connectivity index (χ3n) is 4.35. The van der Waals surface area contributed by atoms with Gasteiger partial charge in [0.15, 0.2) is 0 Å². The van der Waals surface area contributed by atoms with Gasteiger partial charge in [-0.2, -0.15) is 0 Å². The number of carbonyl (C=O) groups is 2. The minimum absolute atomic E-state index is 0.180. The average Bonchev–Trinajstić information content (AvgIpc) is 2.68. The monoisotopic (exact) mass is 367 g/mol. The highest BCUT2D eigenvalue weighted by Gasteiger charge is 2.28. The molecule has 3 N–H and O–H groups in total. The minimum Gasteiger partial charge on any atom is -0.369 e. The van der Waals surface area contributed by atoms with Crippen LogP contribution >= 0.6 is 11.8 Å². The Hall–Kier alpha value is -2.60. The molecule has 0 spiro atoms. The third-order valence-corrected chi connectivity index (χ3v) is 5.37. The first kappa shape index (κ1) is 18.2. The summed E-state index contributed by atoms with van der Waals surface area (Å²) < 4.78 is 0. The Morgan fingerprint density at radius 2 is 1.88 bits per heavy atom. The number of allylic oxidation sites excluding steroid dienone is 1. The SMILES string of the molecule is NC(=O)C1CC=CCC1NC(=O)c1ccc(CSc2ccccn2)cc1. The van der Waals surface area contributed by atoms with Crippen LogP contribution in [0.5, 0.6) is 0 Å². The third kappa shape index (κ3) is 4.73. The van der Waals surface area contributed by atoms with Gasteiger partial charge in [0.05, 0.1) is 10.9 Å². The Bertz CT molecular complexity index is 790. The van der Waals surface area contributed by atoms with Crippen LogP contribution in [0.25, 0.3) is 0 Å². The molecule has 1 heterocycles. The van der Waals surface area contributed by atoms with Crippen molar-refractivity contribution in [2.75, 3.05) is 0 Å². The fourth-order valence-electron chi connectivity index (χ4n) is 2.88. The van der Waals surface area contributed by atoms with Crippen molar-refractivity contribution < 1.29 is 9.59 Å². The van der Waals surface area contributed by atoms with E-state index in [-0.39, 0.29) is 23.8 Å². The molecular weight excluding hydrogens is 346 g/mol. The molecule has 1 aromatic heterocycles. The lowest BCUT2D eigenvalue weighted by atomic mass is 9.88. The molecule has 1 aliphatic rings. The molecule has 2 atom stereocenters. The first-order chi connectivity index (χ1) is 12.6. The minimum atomic E-state index is -0.374. The maximum absolute atomic E-state index is 12.5. The number of nitrogens with two attached hydrogens (primary N) is 1. The summed E-state index contributed by atoms with van der Waals surface area (Å²) in [5.74, 6) is -0.115. The first-order valence-electron chi connectivity index (χ1n) is 8.51. The van der Waals surface area contributed by atoms with Gasteiger partial charge >= 0.3 is 0 Å². The van der Waals surface area contributed by atoms with Gasteiger partial charge in [-0.05, 0) is 42.7 Å². The summed E-state index contributed by atoms with van der Waals surface area (Å²) in [6.07, 6.45) is 6.88. The van der Waals surface area contributed by atoms with Crippen LogP contribution in [0.1, 0.15) is 28.8 Å². The average molecular weight is 367 g/mol. The van der Waals surface area contributed by atoms with Crippen LogP contribution in [-0.2, 0) is 10.5 Å². The molecular formula is C20H21N3O2S. The number of pyridine rings is 1. The number of nitrogens with one attached hydrogen (secondary N) is 1. The van der Waals surface area contributed by atoms with E-state index in [1.54, 1.807) is 18.0 Å². The van der Waals surface area contributed by atoms with E-state index in [4.69, 9.17) is 5.73 Å². The number of benzene rings is 1. The number of primary amides is 1. The van der Waals surface area contributed by atoms with E-state index in [1.807, 2.05) is 54.6 Å². The summed E-state index contributed by atoms with van der Waals surface area (Å²) >= 11 is 1.65. The smallest absolute Gasteiger partial charge is 0.251 e. The number of hydrogen-bond acceptors (Lipinski definition) is 4. The molecule has 5 nitrogen and oxygen atoms in total. The lowest BCUT2D eigenvalue weighted by molar-refractivity contribution is -0.122. The maximum atomic E-state index is 12.5. The fourth-order valence-corrected chi connectivity index (χ4v) is 3.70. The van der Waals surface area contributed by atoms with E-state index < -0.39 is 0 Å². The van der Waals surface area contributed by atoms with Crippen LogP contribution in [0.4, 0.5) is 0 Å². The predicted molar refractivity (Wildman–Crippen MR) is 103 cm³/mol. The Labute approximate surface area is 157 Å². The quantitative estimate of drug-likeness (QED) is 0.607. The summed E-state index contributed by atoms with van der Waals surface area (Å²) in [7, 11) is 0. The van der Waals surface area contributed by atoms with Crippen molar-refractivity contribution in [3.05, 3.63) is 71.9 Å². The summed E-state index contributed by atoms with van der Waals surface area (Å²) in [6, 6.07) is 13.1. The normalized spacial score (nSPS) is 19.1. The van der Waals surface area contributed by atoms with Gasteiger partial charge in [-0.3, -0.25) is 9.59 Å². The number of rotatable bonds is 6. The van der Waals surface area contributed by atoms with E-state index >= 15 is 0 Å². The highest BCUT2D eigenvalue weighted by atomic mass is 32.2. The second-order valence-electron chi connectivity index (χ2n) is 6.19. The van der Waals surface area contributed by atoms with Crippen molar-refractivity contribution in [3.8, 4) is 0 Å². The molecule has 0 fully saturated rings. The molecule has 2 amide bonds. The van der Waals surface area contributed by atoms with E-state index in [9.17, 15) is 9.59 Å². The molecule has 134 valence electrons. The van der Waals surface area contributed by atoms with Crippen molar-refractivity contribution in [3.63, 3.8) is 0 Å². The topological polar surface area (TPSA) is 85.1 Å². The number of carbonyl (C=O) groups excluding carboxylic acids is 2. The predicted octanol–water partition coefficient (Wildman–Crippen LogP) is 2.92. The van der Waals surface area contributed by atoms with E-state index in [0.29, 0.717) is 18.4 Å². The zero-order valence-corrected chi connectivity index (χ0v) is 15.1. The molecule has 0 radical (unpaired) electrons. The molecule has 0 bridgehead atoms. The fraction of sp³-hybridized carbons (Fsp3) is 0.250. The molecule has 2 unspecified atom stereocenters.